The Hall–Kier alpha value is -0.940. The van der Waals surface area contributed by atoms with Gasteiger partial charge in [0.25, 0.3) is 0 Å². The van der Waals surface area contributed by atoms with Crippen molar-refractivity contribution in [3.8, 4) is 0 Å². The molecule has 1 fully saturated rings. The van der Waals surface area contributed by atoms with E-state index >= 15 is 0 Å². The number of nitrogens with zero attached hydrogens (tertiary/aromatic N) is 3. The molecule has 1 N–H and O–H groups in total. The maximum atomic E-state index is 5.73. The zero-order valence-electron chi connectivity index (χ0n) is 9.31. The van der Waals surface area contributed by atoms with Crippen LogP contribution in [0, 0.1) is 0 Å². The van der Waals surface area contributed by atoms with Crippen LogP contribution in [0.4, 0.5) is 0 Å². The number of hydrogen-bond donors (Lipinski definition) is 1. The Bertz CT molecular complexity index is 312. The molecule has 0 saturated carbocycles. The Kier molecular flexibility index (Phi) is 3.33. The maximum Gasteiger partial charge on any atom is 0.0964 e. The highest BCUT2D eigenvalue weighted by molar-refractivity contribution is 4.91. The highest BCUT2D eigenvalue weighted by Crippen LogP contribution is 2.19. The topological polar surface area (TPSA) is 52.0 Å². The summed E-state index contributed by atoms with van der Waals surface area (Å²) < 4.78 is 7.60. The van der Waals surface area contributed by atoms with Gasteiger partial charge in [0, 0.05) is 12.7 Å². The van der Waals surface area contributed by atoms with Gasteiger partial charge in [-0.2, -0.15) is 0 Å². The summed E-state index contributed by atoms with van der Waals surface area (Å²) in [5.41, 5.74) is 0.976. The monoisotopic (exact) mass is 210 g/mol. The first-order valence-electron chi connectivity index (χ1n) is 5.47. The van der Waals surface area contributed by atoms with Gasteiger partial charge >= 0.3 is 0 Å². The molecule has 1 saturated heterocycles. The average molecular weight is 210 g/mol. The molecule has 1 aliphatic rings. The summed E-state index contributed by atoms with van der Waals surface area (Å²) in [6.07, 6.45) is 4.97. The lowest BCUT2D eigenvalue weighted by atomic mass is 10.2. The minimum atomic E-state index is 0.309. The van der Waals surface area contributed by atoms with Crippen molar-refractivity contribution in [2.45, 2.75) is 45.1 Å². The SMILES string of the molecule is CNCc1cn(CC2CCC(C)O2)nn1. The largest absolute Gasteiger partial charge is 0.373 e. The van der Waals surface area contributed by atoms with E-state index in [1.54, 1.807) is 0 Å². The first-order valence-corrected chi connectivity index (χ1v) is 5.47. The molecule has 5 nitrogen and oxygen atoms in total. The number of rotatable bonds is 4. The summed E-state index contributed by atoms with van der Waals surface area (Å²) >= 11 is 0. The fraction of sp³-hybridized carbons (Fsp3) is 0.800. The minimum absolute atomic E-state index is 0.309. The van der Waals surface area contributed by atoms with Crippen molar-refractivity contribution >= 4 is 0 Å². The van der Waals surface area contributed by atoms with Crippen molar-refractivity contribution in [1.29, 1.82) is 0 Å². The molecular formula is C10H18N4O. The highest BCUT2D eigenvalue weighted by Gasteiger charge is 2.22. The van der Waals surface area contributed by atoms with Gasteiger partial charge in [0.2, 0.25) is 0 Å². The second-order valence-corrected chi connectivity index (χ2v) is 4.11. The van der Waals surface area contributed by atoms with Gasteiger partial charge < -0.3 is 10.1 Å². The predicted molar refractivity (Wildman–Crippen MR) is 56.4 cm³/mol. The van der Waals surface area contributed by atoms with E-state index in [1.165, 1.54) is 0 Å². The molecule has 5 heteroatoms. The van der Waals surface area contributed by atoms with Crippen LogP contribution in [-0.4, -0.2) is 34.2 Å². The van der Waals surface area contributed by atoms with E-state index in [0.29, 0.717) is 12.2 Å². The second kappa shape index (κ2) is 4.72. The molecular weight excluding hydrogens is 192 g/mol. The second-order valence-electron chi connectivity index (χ2n) is 4.11. The lowest BCUT2D eigenvalue weighted by Gasteiger charge is -2.09. The molecule has 1 aromatic heterocycles. The Morgan fingerprint density at radius 2 is 2.47 bits per heavy atom. The molecule has 15 heavy (non-hydrogen) atoms. The Morgan fingerprint density at radius 1 is 1.60 bits per heavy atom. The van der Waals surface area contributed by atoms with Crippen LogP contribution in [0.1, 0.15) is 25.5 Å². The molecule has 0 radical (unpaired) electrons. The summed E-state index contributed by atoms with van der Waals surface area (Å²) in [6.45, 7) is 3.71. The minimum Gasteiger partial charge on any atom is -0.373 e. The maximum absolute atomic E-state index is 5.73. The summed E-state index contributed by atoms with van der Waals surface area (Å²) in [5, 5.41) is 11.2. The Morgan fingerprint density at radius 3 is 3.13 bits per heavy atom. The standard InChI is InChI=1S/C10H18N4O/c1-8-3-4-10(15-8)7-14-6-9(5-11-2)12-13-14/h6,8,10-11H,3-5,7H2,1-2H3. The molecule has 2 heterocycles. The van der Waals surface area contributed by atoms with Crippen molar-refractivity contribution < 1.29 is 4.74 Å². The molecule has 84 valence electrons. The number of ether oxygens (including phenoxy) is 1. The molecule has 0 amide bonds. The van der Waals surface area contributed by atoms with E-state index in [0.717, 1.165) is 31.6 Å². The van der Waals surface area contributed by atoms with Crippen LogP contribution in [0.5, 0.6) is 0 Å². The average Bonchev–Trinajstić information content (AvgIpc) is 2.78. The lowest BCUT2D eigenvalue weighted by Crippen LogP contribution is -2.16. The van der Waals surface area contributed by atoms with Crippen molar-refractivity contribution in [3.05, 3.63) is 11.9 Å². The van der Waals surface area contributed by atoms with E-state index in [-0.39, 0.29) is 0 Å². The van der Waals surface area contributed by atoms with Crippen molar-refractivity contribution in [3.63, 3.8) is 0 Å². The third-order valence-corrected chi connectivity index (χ3v) is 2.65. The summed E-state index contributed by atoms with van der Waals surface area (Å²) in [4.78, 5) is 0. The number of hydrogen-bond acceptors (Lipinski definition) is 4. The van der Waals surface area contributed by atoms with Gasteiger partial charge in [-0.15, -0.1) is 5.10 Å². The molecule has 0 bridgehead atoms. The van der Waals surface area contributed by atoms with E-state index in [4.69, 9.17) is 4.74 Å². The molecule has 0 aliphatic carbocycles. The first kappa shape index (κ1) is 10.6. The van der Waals surface area contributed by atoms with Gasteiger partial charge in [0.15, 0.2) is 0 Å². The van der Waals surface area contributed by atoms with Crippen LogP contribution >= 0.6 is 0 Å². The molecule has 1 aliphatic heterocycles. The normalized spacial score (nSPS) is 26.0. The Labute approximate surface area is 89.8 Å². The third kappa shape index (κ3) is 2.76. The van der Waals surface area contributed by atoms with Gasteiger partial charge in [-0.1, -0.05) is 5.21 Å². The fourth-order valence-electron chi connectivity index (χ4n) is 1.92. The molecule has 0 spiro atoms. The van der Waals surface area contributed by atoms with Gasteiger partial charge in [0.05, 0.1) is 24.4 Å². The van der Waals surface area contributed by atoms with E-state index in [1.807, 2.05) is 17.9 Å². The van der Waals surface area contributed by atoms with E-state index in [9.17, 15) is 0 Å². The van der Waals surface area contributed by atoms with E-state index in [2.05, 4.69) is 22.6 Å². The number of aromatic nitrogens is 3. The number of nitrogens with one attached hydrogen (secondary N) is 1. The van der Waals surface area contributed by atoms with Crippen LogP contribution in [-0.2, 0) is 17.8 Å². The third-order valence-electron chi connectivity index (χ3n) is 2.65. The first-order chi connectivity index (χ1) is 7.28. The molecule has 2 unspecified atom stereocenters. The lowest BCUT2D eigenvalue weighted by molar-refractivity contribution is 0.0434. The zero-order chi connectivity index (χ0) is 10.7. The fourth-order valence-corrected chi connectivity index (χ4v) is 1.92. The highest BCUT2D eigenvalue weighted by atomic mass is 16.5. The van der Waals surface area contributed by atoms with Gasteiger partial charge in [0.1, 0.15) is 0 Å². The smallest absolute Gasteiger partial charge is 0.0964 e. The van der Waals surface area contributed by atoms with Crippen LogP contribution in [0.2, 0.25) is 0 Å². The molecule has 2 atom stereocenters. The van der Waals surface area contributed by atoms with Crippen LogP contribution in [0.15, 0.2) is 6.20 Å². The van der Waals surface area contributed by atoms with Crippen LogP contribution in [0.3, 0.4) is 0 Å². The van der Waals surface area contributed by atoms with Gasteiger partial charge in [-0.05, 0) is 26.8 Å². The van der Waals surface area contributed by atoms with E-state index < -0.39 is 0 Å². The summed E-state index contributed by atoms with van der Waals surface area (Å²) in [7, 11) is 1.90. The van der Waals surface area contributed by atoms with Crippen LogP contribution in [0.25, 0.3) is 0 Å². The molecule has 1 aromatic rings. The van der Waals surface area contributed by atoms with Gasteiger partial charge in [-0.3, -0.25) is 0 Å². The molecule has 0 aromatic carbocycles. The van der Waals surface area contributed by atoms with Crippen molar-refractivity contribution in [2.24, 2.45) is 0 Å². The van der Waals surface area contributed by atoms with Crippen molar-refractivity contribution in [2.75, 3.05) is 7.05 Å². The quantitative estimate of drug-likeness (QED) is 0.789. The summed E-state index contributed by atoms with van der Waals surface area (Å²) in [6, 6.07) is 0. The van der Waals surface area contributed by atoms with Crippen molar-refractivity contribution in [1.82, 2.24) is 20.3 Å². The molecule has 2 rings (SSSR count). The summed E-state index contributed by atoms with van der Waals surface area (Å²) in [5.74, 6) is 0. The predicted octanol–water partition coefficient (Wildman–Crippen LogP) is 0.565. The zero-order valence-corrected chi connectivity index (χ0v) is 9.31. The van der Waals surface area contributed by atoms with Crippen LogP contribution < -0.4 is 5.32 Å². The Balaban J connectivity index is 1.87. The van der Waals surface area contributed by atoms with Gasteiger partial charge in [-0.25, -0.2) is 4.68 Å².